The SMILES string of the molecule is COC(=O)CN(c1cccc(C)c1C)S(=O)(=O)c1ccc(OC)c(Cl)c1. The maximum absolute atomic E-state index is 13.2. The van der Waals surface area contributed by atoms with Gasteiger partial charge in [0.1, 0.15) is 12.3 Å². The fraction of sp³-hybridized carbons (Fsp3) is 0.278. The maximum Gasteiger partial charge on any atom is 0.326 e. The summed E-state index contributed by atoms with van der Waals surface area (Å²) in [5.74, 6) is -0.314. The van der Waals surface area contributed by atoms with Gasteiger partial charge in [-0.1, -0.05) is 23.7 Å². The zero-order valence-electron chi connectivity index (χ0n) is 14.9. The molecule has 0 radical (unpaired) electrons. The molecule has 0 aliphatic carbocycles. The van der Waals surface area contributed by atoms with Crippen molar-refractivity contribution >= 4 is 33.3 Å². The molecule has 0 saturated heterocycles. The molecule has 0 amide bonds. The van der Waals surface area contributed by atoms with Gasteiger partial charge in [0.15, 0.2) is 0 Å². The number of hydrogen-bond acceptors (Lipinski definition) is 5. The zero-order chi connectivity index (χ0) is 19.5. The van der Waals surface area contributed by atoms with Gasteiger partial charge in [-0.15, -0.1) is 0 Å². The van der Waals surface area contributed by atoms with E-state index >= 15 is 0 Å². The fourth-order valence-electron chi connectivity index (χ4n) is 2.42. The van der Waals surface area contributed by atoms with Gasteiger partial charge in [-0.3, -0.25) is 9.10 Å². The highest BCUT2D eigenvalue weighted by Crippen LogP contribution is 2.32. The van der Waals surface area contributed by atoms with Crippen LogP contribution in [0.15, 0.2) is 41.3 Å². The second-order valence-electron chi connectivity index (χ2n) is 5.60. The molecule has 0 aromatic heterocycles. The highest BCUT2D eigenvalue weighted by atomic mass is 35.5. The van der Waals surface area contributed by atoms with E-state index in [-0.39, 0.29) is 9.92 Å². The van der Waals surface area contributed by atoms with Crippen LogP contribution in [0.5, 0.6) is 5.75 Å². The first kappa shape index (κ1) is 20.1. The lowest BCUT2D eigenvalue weighted by Gasteiger charge is -2.25. The number of halogens is 1. The van der Waals surface area contributed by atoms with Gasteiger partial charge in [-0.25, -0.2) is 8.42 Å². The Morgan fingerprint density at radius 1 is 1.15 bits per heavy atom. The zero-order valence-corrected chi connectivity index (χ0v) is 16.5. The molecule has 0 N–H and O–H groups in total. The molecule has 6 nitrogen and oxygen atoms in total. The van der Waals surface area contributed by atoms with E-state index in [9.17, 15) is 13.2 Å². The second-order valence-corrected chi connectivity index (χ2v) is 7.87. The highest BCUT2D eigenvalue weighted by molar-refractivity contribution is 7.92. The number of carbonyl (C=O) groups excluding carboxylic acids is 1. The van der Waals surface area contributed by atoms with Crippen LogP contribution in [-0.2, 0) is 19.6 Å². The van der Waals surface area contributed by atoms with E-state index in [1.165, 1.54) is 32.4 Å². The van der Waals surface area contributed by atoms with Gasteiger partial charge in [0.25, 0.3) is 10.0 Å². The minimum Gasteiger partial charge on any atom is -0.495 e. The number of ether oxygens (including phenoxy) is 2. The number of anilines is 1. The van der Waals surface area contributed by atoms with Crippen LogP contribution in [0.3, 0.4) is 0 Å². The summed E-state index contributed by atoms with van der Waals surface area (Å²) >= 11 is 6.08. The average molecular weight is 398 g/mol. The molecule has 0 atom stereocenters. The first-order chi connectivity index (χ1) is 12.2. The quantitative estimate of drug-likeness (QED) is 0.699. The second kappa shape index (κ2) is 7.97. The Labute approximate surface area is 158 Å². The predicted octanol–water partition coefficient (Wildman–Crippen LogP) is 3.33. The van der Waals surface area contributed by atoms with Gasteiger partial charge in [0, 0.05) is 0 Å². The number of rotatable bonds is 6. The van der Waals surface area contributed by atoms with Gasteiger partial charge >= 0.3 is 5.97 Å². The Hall–Kier alpha value is -2.25. The monoisotopic (exact) mass is 397 g/mol. The van der Waals surface area contributed by atoms with Gasteiger partial charge in [-0.2, -0.15) is 0 Å². The number of nitrogens with zero attached hydrogens (tertiary/aromatic N) is 1. The van der Waals surface area contributed by atoms with Gasteiger partial charge < -0.3 is 9.47 Å². The van der Waals surface area contributed by atoms with Crippen LogP contribution in [0.4, 0.5) is 5.69 Å². The molecule has 0 bridgehead atoms. The number of aryl methyl sites for hydroxylation is 1. The van der Waals surface area contributed by atoms with Crippen molar-refractivity contribution in [2.75, 3.05) is 25.1 Å². The van der Waals surface area contributed by atoms with Crippen LogP contribution in [0, 0.1) is 13.8 Å². The molecule has 0 aliphatic rings. The van der Waals surface area contributed by atoms with Crippen molar-refractivity contribution in [3.63, 3.8) is 0 Å². The third kappa shape index (κ3) is 3.94. The fourth-order valence-corrected chi connectivity index (χ4v) is 4.24. The molecule has 0 heterocycles. The lowest BCUT2D eigenvalue weighted by Crippen LogP contribution is -2.36. The lowest BCUT2D eigenvalue weighted by atomic mass is 10.1. The summed E-state index contributed by atoms with van der Waals surface area (Å²) in [5.41, 5.74) is 2.06. The Balaban J connectivity index is 2.62. The maximum atomic E-state index is 13.2. The molecular weight excluding hydrogens is 378 g/mol. The van der Waals surface area contributed by atoms with Crippen molar-refractivity contribution in [2.24, 2.45) is 0 Å². The molecule has 8 heteroatoms. The standard InChI is InChI=1S/C18H20ClNO5S/c1-12-6-5-7-16(13(12)2)20(11-18(21)25-4)26(22,23)14-8-9-17(24-3)15(19)10-14/h5-10H,11H2,1-4H3. The number of methoxy groups -OCH3 is 2. The number of hydrogen-bond donors (Lipinski definition) is 0. The molecule has 2 rings (SSSR count). The van der Waals surface area contributed by atoms with E-state index in [0.29, 0.717) is 11.4 Å². The Morgan fingerprint density at radius 2 is 1.85 bits per heavy atom. The van der Waals surface area contributed by atoms with Crippen molar-refractivity contribution in [3.05, 3.63) is 52.5 Å². The van der Waals surface area contributed by atoms with Gasteiger partial charge in [0.2, 0.25) is 0 Å². The van der Waals surface area contributed by atoms with E-state index in [1.807, 2.05) is 13.0 Å². The van der Waals surface area contributed by atoms with Crippen LogP contribution in [0.1, 0.15) is 11.1 Å². The molecule has 0 saturated carbocycles. The summed E-state index contributed by atoms with van der Waals surface area (Å²) in [5, 5.41) is 0.160. The number of sulfonamides is 1. The summed E-state index contributed by atoms with van der Waals surface area (Å²) in [6, 6.07) is 9.40. The molecule has 140 valence electrons. The highest BCUT2D eigenvalue weighted by Gasteiger charge is 2.29. The Bertz CT molecular complexity index is 927. The van der Waals surface area contributed by atoms with Crippen LogP contribution >= 0.6 is 11.6 Å². The smallest absolute Gasteiger partial charge is 0.326 e. The third-order valence-electron chi connectivity index (χ3n) is 4.06. The molecule has 2 aromatic carbocycles. The molecule has 0 fully saturated rings. The van der Waals surface area contributed by atoms with Crippen LogP contribution in [0.25, 0.3) is 0 Å². The lowest BCUT2D eigenvalue weighted by molar-refractivity contribution is -0.138. The first-order valence-electron chi connectivity index (χ1n) is 7.71. The number of carbonyl (C=O) groups is 1. The molecular formula is C18H20ClNO5S. The van der Waals surface area contributed by atoms with Gasteiger partial charge in [0.05, 0.1) is 29.8 Å². The molecule has 2 aromatic rings. The van der Waals surface area contributed by atoms with Crippen LogP contribution in [-0.4, -0.2) is 35.2 Å². The Morgan fingerprint density at radius 3 is 2.42 bits per heavy atom. The topological polar surface area (TPSA) is 72.9 Å². The summed E-state index contributed by atoms with van der Waals surface area (Å²) in [6.45, 7) is 3.21. The predicted molar refractivity (Wildman–Crippen MR) is 100 cm³/mol. The first-order valence-corrected chi connectivity index (χ1v) is 9.53. The van der Waals surface area contributed by atoms with Crippen molar-refractivity contribution in [1.29, 1.82) is 0 Å². The molecule has 0 aliphatic heterocycles. The van der Waals surface area contributed by atoms with E-state index in [0.717, 1.165) is 15.4 Å². The third-order valence-corrected chi connectivity index (χ3v) is 6.11. The van der Waals surface area contributed by atoms with Crippen molar-refractivity contribution in [1.82, 2.24) is 0 Å². The van der Waals surface area contributed by atoms with Crippen molar-refractivity contribution < 1.29 is 22.7 Å². The van der Waals surface area contributed by atoms with E-state index in [2.05, 4.69) is 4.74 Å². The summed E-state index contributed by atoms with van der Waals surface area (Å²) in [6.07, 6.45) is 0. The molecule has 0 spiro atoms. The molecule has 0 unspecified atom stereocenters. The van der Waals surface area contributed by atoms with E-state index in [1.54, 1.807) is 19.1 Å². The number of benzene rings is 2. The minimum atomic E-state index is -4.05. The van der Waals surface area contributed by atoms with E-state index < -0.39 is 22.5 Å². The summed E-state index contributed by atoms with van der Waals surface area (Å²) in [7, 11) is -1.41. The normalized spacial score (nSPS) is 11.1. The molecule has 26 heavy (non-hydrogen) atoms. The summed E-state index contributed by atoms with van der Waals surface area (Å²) in [4.78, 5) is 11.8. The van der Waals surface area contributed by atoms with Crippen LogP contribution < -0.4 is 9.04 Å². The van der Waals surface area contributed by atoms with Crippen molar-refractivity contribution in [2.45, 2.75) is 18.7 Å². The number of esters is 1. The van der Waals surface area contributed by atoms with E-state index in [4.69, 9.17) is 16.3 Å². The average Bonchev–Trinajstić information content (AvgIpc) is 2.61. The van der Waals surface area contributed by atoms with Crippen molar-refractivity contribution in [3.8, 4) is 5.75 Å². The Kier molecular flexibility index (Phi) is 6.15. The minimum absolute atomic E-state index is 0.0480. The summed E-state index contributed by atoms with van der Waals surface area (Å²) < 4.78 is 37.2. The van der Waals surface area contributed by atoms with Crippen LogP contribution in [0.2, 0.25) is 5.02 Å². The van der Waals surface area contributed by atoms with Gasteiger partial charge in [-0.05, 0) is 49.2 Å². The largest absolute Gasteiger partial charge is 0.495 e.